The lowest BCUT2D eigenvalue weighted by molar-refractivity contribution is -0.129. The van der Waals surface area contributed by atoms with Gasteiger partial charge in [-0.1, -0.05) is 60.2 Å². The Labute approximate surface area is 177 Å². The van der Waals surface area contributed by atoms with Crippen molar-refractivity contribution in [2.45, 2.75) is 11.8 Å². The topological polar surface area (TPSA) is 57.7 Å². The summed E-state index contributed by atoms with van der Waals surface area (Å²) in [6, 6.07) is 16.9. The molecule has 0 saturated carbocycles. The van der Waals surface area contributed by atoms with Gasteiger partial charge in [0.15, 0.2) is 0 Å². The smallest absolute Gasteiger partial charge is 0.243 e. The summed E-state index contributed by atoms with van der Waals surface area (Å²) in [4.78, 5) is 14.5. The highest BCUT2D eigenvalue weighted by atomic mass is 32.2. The molecule has 2 aromatic rings. The van der Waals surface area contributed by atoms with Crippen molar-refractivity contribution in [3.05, 3.63) is 71.8 Å². The monoisotopic (exact) mass is 430 g/mol. The molecule has 1 saturated heterocycles. The van der Waals surface area contributed by atoms with E-state index in [1.807, 2.05) is 43.3 Å². The van der Waals surface area contributed by atoms with Crippen LogP contribution in [0.1, 0.15) is 11.1 Å². The molecule has 0 spiro atoms. The van der Waals surface area contributed by atoms with Gasteiger partial charge >= 0.3 is 0 Å². The lowest BCUT2D eigenvalue weighted by Gasteiger charge is -2.34. The molecule has 0 aliphatic carbocycles. The van der Waals surface area contributed by atoms with Crippen LogP contribution in [0, 0.1) is 6.92 Å². The second-order valence-electron chi connectivity index (χ2n) is 6.93. The second-order valence-corrected chi connectivity index (χ2v) is 9.89. The molecular formula is C22H26N2O3S2. The van der Waals surface area contributed by atoms with Crippen molar-refractivity contribution in [3.63, 3.8) is 0 Å². The third-order valence-corrected chi connectivity index (χ3v) is 7.59. The Morgan fingerprint density at radius 3 is 2.31 bits per heavy atom. The third kappa shape index (κ3) is 5.95. The van der Waals surface area contributed by atoms with Gasteiger partial charge in [-0.2, -0.15) is 4.31 Å². The Kier molecular flexibility index (Phi) is 7.52. The fourth-order valence-electron chi connectivity index (χ4n) is 3.09. The van der Waals surface area contributed by atoms with E-state index in [1.165, 1.54) is 4.31 Å². The summed E-state index contributed by atoms with van der Waals surface area (Å²) in [6.45, 7) is 3.46. The average molecular weight is 431 g/mol. The minimum Gasteiger partial charge on any atom is -0.339 e. The van der Waals surface area contributed by atoms with E-state index in [1.54, 1.807) is 40.9 Å². The summed E-state index contributed by atoms with van der Waals surface area (Å²) in [6.07, 6.45) is 4.10. The van der Waals surface area contributed by atoms with Crippen LogP contribution < -0.4 is 0 Å². The quantitative estimate of drug-likeness (QED) is 0.633. The van der Waals surface area contributed by atoms with Crippen LogP contribution in [0.3, 0.4) is 0 Å². The maximum Gasteiger partial charge on any atom is 0.243 e. The first-order valence-electron chi connectivity index (χ1n) is 9.61. The fourth-order valence-corrected chi connectivity index (χ4v) is 5.22. The van der Waals surface area contributed by atoms with Crippen LogP contribution in [0.2, 0.25) is 0 Å². The van der Waals surface area contributed by atoms with Gasteiger partial charge < -0.3 is 4.90 Å². The van der Waals surface area contributed by atoms with Gasteiger partial charge in [-0.3, -0.25) is 4.79 Å². The largest absolute Gasteiger partial charge is 0.339 e. The van der Waals surface area contributed by atoms with Gasteiger partial charge in [0.25, 0.3) is 0 Å². The Morgan fingerprint density at radius 1 is 1.00 bits per heavy atom. The maximum absolute atomic E-state index is 12.7. The van der Waals surface area contributed by atoms with E-state index in [2.05, 4.69) is 6.08 Å². The van der Waals surface area contributed by atoms with Crippen molar-refractivity contribution in [3.8, 4) is 0 Å². The van der Waals surface area contributed by atoms with Gasteiger partial charge in [-0.05, 0) is 24.6 Å². The number of hydrogen-bond donors (Lipinski definition) is 0. The van der Waals surface area contributed by atoms with Crippen molar-refractivity contribution < 1.29 is 13.2 Å². The zero-order valence-electron chi connectivity index (χ0n) is 16.5. The lowest BCUT2D eigenvalue weighted by Crippen LogP contribution is -2.50. The number of thioether (sulfide) groups is 1. The van der Waals surface area contributed by atoms with Crippen molar-refractivity contribution in [2.24, 2.45) is 0 Å². The van der Waals surface area contributed by atoms with E-state index < -0.39 is 10.0 Å². The van der Waals surface area contributed by atoms with E-state index in [-0.39, 0.29) is 5.91 Å². The van der Waals surface area contributed by atoms with Gasteiger partial charge in [0, 0.05) is 31.9 Å². The number of sulfonamides is 1. The number of aryl methyl sites for hydroxylation is 1. The van der Waals surface area contributed by atoms with Crippen LogP contribution in [0.4, 0.5) is 0 Å². The molecule has 5 nitrogen and oxygen atoms in total. The van der Waals surface area contributed by atoms with Crippen molar-refractivity contribution in [1.29, 1.82) is 0 Å². The predicted octanol–water partition coefficient (Wildman–Crippen LogP) is 3.27. The molecule has 0 radical (unpaired) electrons. The first-order chi connectivity index (χ1) is 14.0. The Hall–Kier alpha value is -2.09. The molecule has 1 aliphatic rings. The van der Waals surface area contributed by atoms with Crippen LogP contribution in [0.5, 0.6) is 0 Å². The van der Waals surface area contributed by atoms with Crippen LogP contribution in [0.15, 0.2) is 65.6 Å². The van der Waals surface area contributed by atoms with Gasteiger partial charge in [-0.15, -0.1) is 11.8 Å². The molecule has 1 aliphatic heterocycles. The molecular weight excluding hydrogens is 404 g/mol. The molecule has 0 bridgehead atoms. The fraction of sp³-hybridized carbons (Fsp3) is 0.318. The molecule has 1 heterocycles. The number of benzene rings is 2. The van der Waals surface area contributed by atoms with E-state index >= 15 is 0 Å². The third-order valence-electron chi connectivity index (χ3n) is 4.80. The van der Waals surface area contributed by atoms with Crippen LogP contribution in [0.25, 0.3) is 6.08 Å². The van der Waals surface area contributed by atoms with Crippen LogP contribution >= 0.6 is 11.8 Å². The molecule has 0 unspecified atom stereocenters. The molecule has 0 N–H and O–H groups in total. The number of piperazine rings is 1. The summed E-state index contributed by atoms with van der Waals surface area (Å²) in [5.41, 5.74) is 2.17. The highest BCUT2D eigenvalue weighted by Crippen LogP contribution is 2.18. The molecule has 0 aromatic heterocycles. The van der Waals surface area contributed by atoms with Gasteiger partial charge in [0.2, 0.25) is 15.9 Å². The maximum atomic E-state index is 12.7. The molecule has 29 heavy (non-hydrogen) atoms. The number of hydrogen-bond acceptors (Lipinski definition) is 4. The average Bonchev–Trinajstić information content (AvgIpc) is 2.74. The summed E-state index contributed by atoms with van der Waals surface area (Å²) in [5.74, 6) is 1.24. The second kappa shape index (κ2) is 10.1. The van der Waals surface area contributed by atoms with Gasteiger partial charge in [0.05, 0.1) is 10.6 Å². The molecule has 1 fully saturated rings. The highest BCUT2D eigenvalue weighted by Gasteiger charge is 2.29. The Balaban J connectivity index is 1.43. The summed E-state index contributed by atoms with van der Waals surface area (Å²) in [5, 5.41) is 0. The minimum absolute atomic E-state index is 0.0653. The molecule has 2 aromatic carbocycles. The first kappa shape index (κ1) is 21.6. The first-order valence-corrected chi connectivity index (χ1v) is 12.2. The highest BCUT2D eigenvalue weighted by molar-refractivity contribution is 8.00. The normalized spacial score (nSPS) is 15.7. The Bertz CT molecular complexity index is 934. The molecule has 154 valence electrons. The SMILES string of the molecule is Cc1ccc(S(=O)(=O)N2CCN(C(=O)CSCC=Cc3ccccc3)CC2)cc1. The summed E-state index contributed by atoms with van der Waals surface area (Å²) in [7, 11) is -3.50. The van der Waals surface area contributed by atoms with E-state index in [0.717, 1.165) is 16.9 Å². The van der Waals surface area contributed by atoms with Gasteiger partial charge in [-0.25, -0.2) is 8.42 Å². The van der Waals surface area contributed by atoms with Gasteiger partial charge in [0.1, 0.15) is 0 Å². The molecule has 0 atom stereocenters. The number of carbonyl (C=O) groups is 1. The van der Waals surface area contributed by atoms with Crippen molar-refractivity contribution in [2.75, 3.05) is 37.7 Å². The molecule has 1 amide bonds. The van der Waals surface area contributed by atoms with Crippen LogP contribution in [-0.4, -0.2) is 61.2 Å². The molecule has 3 rings (SSSR count). The predicted molar refractivity (Wildman–Crippen MR) is 119 cm³/mol. The van der Waals surface area contributed by atoms with Crippen molar-refractivity contribution >= 4 is 33.8 Å². The van der Waals surface area contributed by atoms with E-state index in [0.29, 0.717) is 36.8 Å². The summed E-state index contributed by atoms with van der Waals surface area (Å²) >= 11 is 1.57. The minimum atomic E-state index is -3.50. The zero-order chi connectivity index (χ0) is 20.7. The zero-order valence-corrected chi connectivity index (χ0v) is 18.2. The number of rotatable bonds is 7. The van der Waals surface area contributed by atoms with Crippen LogP contribution in [-0.2, 0) is 14.8 Å². The molecule has 7 heteroatoms. The van der Waals surface area contributed by atoms with E-state index in [9.17, 15) is 13.2 Å². The number of nitrogens with zero attached hydrogens (tertiary/aromatic N) is 2. The summed E-state index contributed by atoms with van der Waals surface area (Å²) < 4.78 is 27.0. The lowest BCUT2D eigenvalue weighted by atomic mass is 10.2. The standard InChI is InChI=1S/C22H26N2O3S2/c1-19-9-11-21(12-10-19)29(26,27)24-15-13-23(14-16-24)22(25)18-28-17-5-8-20-6-3-2-4-7-20/h2-12H,13-18H2,1H3. The Morgan fingerprint density at radius 2 is 1.66 bits per heavy atom. The van der Waals surface area contributed by atoms with Crippen molar-refractivity contribution in [1.82, 2.24) is 9.21 Å². The number of amides is 1. The number of carbonyl (C=O) groups excluding carboxylic acids is 1. The van der Waals surface area contributed by atoms with E-state index in [4.69, 9.17) is 0 Å².